The SMILES string of the molecule is CC[N+](CC)=C1S[C@@H]2[C@@H](Br)S(=O)(=O)C[C@H]2S1. The lowest BCUT2D eigenvalue weighted by molar-refractivity contribution is -0.515. The van der Waals surface area contributed by atoms with Crippen LogP contribution in [0.25, 0.3) is 0 Å². The quantitative estimate of drug-likeness (QED) is 0.565. The molecule has 2 heterocycles. The van der Waals surface area contributed by atoms with E-state index < -0.39 is 9.84 Å². The van der Waals surface area contributed by atoms with E-state index in [1.54, 1.807) is 23.5 Å². The van der Waals surface area contributed by atoms with Crippen LogP contribution in [0.3, 0.4) is 0 Å². The highest BCUT2D eigenvalue weighted by Crippen LogP contribution is 2.49. The van der Waals surface area contributed by atoms with Crippen LogP contribution >= 0.6 is 39.5 Å². The minimum absolute atomic E-state index is 0.186. The minimum atomic E-state index is -2.90. The van der Waals surface area contributed by atoms with E-state index in [0.717, 1.165) is 13.1 Å². The number of thioether (sulfide) groups is 2. The van der Waals surface area contributed by atoms with Gasteiger partial charge in [-0.05, 0) is 37.4 Å². The molecule has 2 aliphatic heterocycles. The van der Waals surface area contributed by atoms with Crippen molar-refractivity contribution in [3.8, 4) is 0 Å². The summed E-state index contributed by atoms with van der Waals surface area (Å²) in [5.74, 6) is 0.315. The summed E-state index contributed by atoms with van der Waals surface area (Å²) in [6.07, 6.45) is 0. The van der Waals surface area contributed by atoms with Crippen LogP contribution < -0.4 is 0 Å². The molecule has 16 heavy (non-hydrogen) atoms. The Morgan fingerprint density at radius 2 is 2.00 bits per heavy atom. The van der Waals surface area contributed by atoms with Crippen molar-refractivity contribution in [3.05, 3.63) is 0 Å². The maximum absolute atomic E-state index is 11.7. The Hall–Kier alpha value is 0.800. The zero-order valence-electron chi connectivity index (χ0n) is 9.22. The van der Waals surface area contributed by atoms with Crippen LogP contribution in [0.1, 0.15) is 13.8 Å². The Morgan fingerprint density at radius 3 is 2.50 bits per heavy atom. The fourth-order valence-electron chi connectivity index (χ4n) is 1.92. The average molecular weight is 345 g/mol. The van der Waals surface area contributed by atoms with E-state index in [4.69, 9.17) is 0 Å². The monoisotopic (exact) mass is 344 g/mol. The molecule has 0 aromatic carbocycles. The molecule has 0 aliphatic carbocycles. The molecule has 0 aromatic heterocycles. The van der Waals surface area contributed by atoms with E-state index in [-0.39, 0.29) is 14.7 Å². The van der Waals surface area contributed by atoms with Gasteiger partial charge >= 0.3 is 0 Å². The van der Waals surface area contributed by atoms with Crippen LogP contribution in [0.2, 0.25) is 0 Å². The van der Waals surface area contributed by atoms with Crippen LogP contribution in [-0.4, -0.2) is 50.9 Å². The van der Waals surface area contributed by atoms with Gasteiger partial charge in [-0.2, -0.15) is 0 Å². The van der Waals surface area contributed by atoms with E-state index >= 15 is 0 Å². The van der Waals surface area contributed by atoms with Gasteiger partial charge in [0.2, 0.25) is 0 Å². The fraction of sp³-hybridized carbons (Fsp3) is 0.889. The van der Waals surface area contributed by atoms with Crippen LogP contribution in [0, 0.1) is 0 Å². The zero-order valence-corrected chi connectivity index (χ0v) is 13.3. The number of nitrogens with zero attached hydrogens (tertiary/aromatic N) is 1. The standard InChI is InChI=1S/C9H15BrNO2S3/c1-3-11(4-2)9-14-6-5-16(12,13)8(10)7(6)15-9/h6-8H,3-5H2,1-2H3/q+1/t6-,7+,8+/m1/s1. The maximum atomic E-state index is 11.7. The van der Waals surface area contributed by atoms with Gasteiger partial charge in [0.05, 0.1) is 11.0 Å². The molecule has 0 unspecified atom stereocenters. The smallest absolute Gasteiger partial charge is 0.228 e. The molecular formula is C9H15BrNO2S3+. The molecule has 0 spiro atoms. The molecule has 92 valence electrons. The van der Waals surface area contributed by atoms with Crippen molar-refractivity contribution in [1.29, 1.82) is 0 Å². The largest absolute Gasteiger partial charge is 0.270 e. The zero-order chi connectivity index (χ0) is 11.9. The summed E-state index contributed by atoms with van der Waals surface area (Å²) in [5.41, 5.74) is 0. The third kappa shape index (κ3) is 2.20. The van der Waals surface area contributed by atoms with Gasteiger partial charge in [0.15, 0.2) is 9.84 Å². The van der Waals surface area contributed by atoms with Gasteiger partial charge in [0.1, 0.15) is 17.2 Å². The van der Waals surface area contributed by atoms with Crippen molar-refractivity contribution in [1.82, 2.24) is 0 Å². The van der Waals surface area contributed by atoms with Crippen molar-refractivity contribution in [2.75, 3.05) is 18.8 Å². The third-order valence-electron chi connectivity index (χ3n) is 2.88. The van der Waals surface area contributed by atoms with Crippen LogP contribution in [0.5, 0.6) is 0 Å². The molecule has 3 nitrogen and oxygen atoms in total. The Morgan fingerprint density at radius 1 is 1.38 bits per heavy atom. The van der Waals surface area contributed by atoms with Gasteiger partial charge in [-0.1, -0.05) is 15.9 Å². The average Bonchev–Trinajstić information content (AvgIpc) is 2.69. The Bertz CT molecular complexity index is 414. The fourth-order valence-corrected chi connectivity index (χ4v) is 9.67. The molecule has 7 heteroatoms. The number of halogens is 1. The van der Waals surface area contributed by atoms with Crippen molar-refractivity contribution < 1.29 is 13.0 Å². The van der Waals surface area contributed by atoms with E-state index in [9.17, 15) is 8.42 Å². The number of rotatable bonds is 2. The summed E-state index contributed by atoms with van der Waals surface area (Å²) in [6, 6.07) is 0. The molecule has 2 rings (SSSR count). The second-order valence-electron chi connectivity index (χ2n) is 3.86. The Kier molecular flexibility index (Phi) is 3.99. The number of alkyl halides is 1. The minimum Gasteiger partial charge on any atom is -0.228 e. The highest BCUT2D eigenvalue weighted by Gasteiger charge is 2.53. The van der Waals surface area contributed by atoms with E-state index in [2.05, 4.69) is 34.4 Å². The molecule has 0 amide bonds. The summed E-state index contributed by atoms with van der Waals surface area (Å²) in [4.78, 5) is 0. The summed E-state index contributed by atoms with van der Waals surface area (Å²) < 4.78 is 26.6. The summed E-state index contributed by atoms with van der Waals surface area (Å²) in [6.45, 7) is 6.25. The molecule has 0 radical (unpaired) electrons. The van der Waals surface area contributed by atoms with E-state index in [1.807, 2.05) is 0 Å². The van der Waals surface area contributed by atoms with Crippen molar-refractivity contribution >= 4 is 53.7 Å². The summed E-state index contributed by atoms with van der Waals surface area (Å²) in [7, 11) is -2.90. The highest BCUT2D eigenvalue weighted by molar-refractivity contribution is 9.11. The molecule has 3 atom stereocenters. The first kappa shape index (κ1) is 13.2. The van der Waals surface area contributed by atoms with Gasteiger partial charge in [-0.15, -0.1) is 0 Å². The number of hydrogen-bond donors (Lipinski definition) is 0. The van der Waals surface area contributed by atoms with Crippen molar-refractivity contribution in [2.45, 2.75) is 28.5 Å². The van der Waals surface area contributed by atoms with Gasteiger partial charge in [-0.25, -0.2) is 13.0 Å². The van der Waals surface area contributed by atoms with Gasteiger partial charge in [0, 0.05) is 5.25 Å². The van der Waals surface area contributed by atoms with Gasteiger partial charge in [0.25, 0.3) is 4.38 Å². The van der Waals surface area contributed by atoms with Gasteiger partial charge < -0.3 is 0 Å². The molecule has 2 aliphatic rings. The molecule has 2 saturated heterocycles. The van der Waals surface area contributed by atoms with Crippen molar-refractivity contribution in [3.63, 3.8) is 0 Å². The number of sulfone groups is 1. The molecular weight excluding hydrogens is 330 g/mol. The second-order valence-corrected chi connectivity index (χ2v) is 10.3. The Labute approximate surface area is 113 Å². The maximum Gasteiger partial charge on any atom is 0.270 e. The molecule has 2 fully saturated rings. The normalized spacial score (nSPS) is 36.4. The first-order valence-electron chi connectivity index (χ1n) is 5.30. The Balaban J connectivity index is 2.22. The van der Waals surface area contributed by atoms with Crippen LogP contribution in [0.4, 0.5) is 0 Å². The van der Waals surface area contributed by atoms with Gasteiger partial charge in [-0.3, -0.25) is 0 Å². The summed E-state index contributed by atoms with van der Waals surface area (Å²) in [5, 5.41) is 0.417. The lowest BCUT2D eigenvalue weighted by Gasteiger charge is -2.06. The topological polar surface area (TPSA) is 37.1 Å². The predicted octanol–water partition coefficient (Wildman–Crippen LogP) is 1.76. The molecule has 0 bridgehead atoms. The van der Waals surface area contributed by atoms with Crippen LogP contribution in [0.15, 0.2) is 0 Å². The van der Waals surface area contributed by atoms with E-state index in [1.165, 1.54) is 4.38 Å². The lowest BCUT2D eigenvalue weighted by Crippen LogP contribution is -2.19. The highest BCUT2D eigenvalue weighted by atomic mass is 79.9. The third-order valence-corrected chi connectivity index (χ3v) is 11.0. The molecule has 0 saturated carbocycles. The summed E-state index contributed by atoms with van der Waals surface area (Å²) >= 11 is 6.80. The first-order chi connectivity index (χ1) is 7.49. The molecule has 0 aromatic rings. The predicted molar refractivity (Wildman–Crippen MR) is 75.6 cm³/mol. The van der Waals surface area contributed by atoms with Crippen LogP contribution in [-0.2, 0) is 9.84 Å². The van der Waals surface area contributed by atoms with Crippen molar-refractivity contribution in [2.24, 2.45) is 0 Å². The second kappa shape index (κ2) is 4.82. The number of fused-ring (bicyclic) bond motifs is 1. The number of hydrogen-bond acceptors (Lipinski definition) is 4. The van der Waals surface area contributed by atoms with E-state index in [0.29, 0.717) is 5.75 Å². The molecule has 0 N–H and O–H groups in total. The first-order valence-corrected chi connectivity index (χ1v) is 9.69. The lowest BCUT2D eigenvalue weighted by atomic mass is 10.4.